The van der Waals surface area contributed by atoms with Gasteiger partial charge in [0.2, 0.25) is 0 Å². The lowest BCUT2D eigenvalue weighted by Crippen LogP contribution is -2.45. The summed E-state index contributed by atoms with van der Waals surface area (Å²) in [7, 11) is 0. The monoisotopic (exact) mass is 271 g/mol. The molecule has 1 heterocycles. The van der Waals surface area contributed by atoms with E-state index in [1.54, 1.807) is 0 Å². The zero-order valence-electron chi connectivity index (χ0n) is 12.5. The van der Waals surface area contributed by atoms with Crippen LogP contribution in [-0.4, -0.2) is 24.0 Å². The summed E-state index contributed by atoms with van der Waals surface area (Å²) < 4.78 is 0. The molecular formula is C17H25N3. The molecule has 0 aromatic heterocycles. The maximum Gasteiger partial charge on any atom is 0.131 e. The van der Waals surface area contributed by atoms with Crippen molar-refractivity contribution in [1.82, 2.24) is 4.90 Å². The fourth-order valence-electron chi connectivity index (χ4n) is 3.01. The smallest absolute Gasteiger partial charge is 0.131 e. The average molecular weight is 271 g/mol. The topological polar surface area (TPSA) is 53.0 Å². The Morgan fingerprint density at radius 1 is 1.30 bits per heavy atom. The van der Waals surface area contributed by atoms with Gasteiger partial charge in [-0.1, -0.05) is 37.3 Å². The third-order valence-corrected chi connectivity index (χ3v) is 4.53. The lowest BCUT2D eigenvalue weighted by molar-refractivity contribution is 0.117. The maximum atomic E-state index is 9.49. The van der Waals surface area contributed by atoms with Gasteiger partial charge in [0.05, 0.1) is 6.07 Å². The van der Waals surface area contributed by atoms with Crippen LogP contribution in [0.2, 0.25) is 0 Å². The van der Waals surface area contributed by atoms with Crippen LogP contribution in [0.4, 0.5) is 0 Å². The molecule has 1 fully saturated rings. The van der Waals surface area contributed by atoms with E-state index in [4.69, 9.17) is 5.73 Å². The minimum Gasteiger partial charge on any atom is -0.310 e. The molecule has 1 aromatic carbocycles. The first-order valence-corrected chi connectivity index (χ1v) is 7.55. The second-order valence-electron chi connectivity index (χ2n) is 6.23. The van der Waals surface area contributed by atoms with Crippen LogP contribution >= 0.6 is 0 Å². The van der Waals surface area contributed by atoms with Gasteiger partial charge >= 0.3 is 0 Å². The molecule has 0 bridgehead atoms. The first-order chi connectivity index (χ1) is 9.55. The van der Waals surface area contributed by atoms with E-state index in [1.165, 1.54) is 12.8 Å². The zero-order chi connectivity index (χ0) is 14.6. The van der Waals surface area contributed by atoms with Crippen LogP contribution in [0.3, 0.4) is 0 Å². The molecule has 3 nitrogen and oxygen atoms in total. The van der Waals surface area contributed by atoms with E-state index in [0.717, 1.165) is 24.6 Å². The van der Waals surface area contributed by atoms with E-state index in [0.29, 0.717) is 12.5 Å². The largest absolute Gasteiger partial charge is 0.310 e. The zero-order valence-corrected chi connectivity index (χ0v) is 12.5. The highest BCUT2D eigenvalue weighted by Crippen LogP contribution is 2.25. The first-order valence-electron chi connectivity index (χ1n) is 7.55. The molecule has 0 amide bonds. The fourth-order valence-corrected chi connectivity index (χ4v) is 3.01. The maximum absolute atomic E-state index is 9.49. The summed E-state index contributed by atoms with van der Waals surface area (Å²) in [5, 5.41) is 9.49. The normalized spacial score (nSPS) is 26.7. The van der Waals surface area contributed by atoms with E-state index in [2.05, 4.69) is 24.8 Å². The van der Waals surface area contributed by atoms with Crippen molar-refractivity contribution in [3.8, 4) is 6.07 Å². The predicted octanol–water partition coefficient (Wildman–Crippen LogP) is 2.87. The number of nitrogens with two attached hydrogens (primary N) is 1. The molecule has 3 unspecified atom stereocenters. The van der Waals surface area contributed by atoms with Gasteiger partial charge in [0.1, 0.15) is 5.54 Å². The van der Waals surface area contributed by atoms with Crippen LogP contribution in [0.15, 0.2) is 30.3 Å². The van der Waals surface area contributed by atoms with Crippen molar-refractivity contribution in [1.29, 1.82) is 5.26 Å². The number of benzene rings is 1. The standard InChI is InChI=1S/C17H25N3/c1-14-8-9-15(2)20(12-14)11-10-17(19,13-18)16-6-4-3-5-7-16/h3-7,14-15H,8-12,19H2,1-2H3. The van der Waals surface area contributed by atoms with Gasteiger partial charge in [-0.25, -0.2) is 0 Å². The van der Waals surface area contributed by atoms with Gasteiger partial charge < -0.3 is 10.6 Å². The summed E-state index contributed by atoms with van der Waals surface area (Å²) >= 11 is 0. The molecule has 2 N–H and O–H groups in total. The SMILES string of the molecule is CC1CCC(C)N(CCC(N)(C#N)c2ccccc2)C1. The van der Waals surface area contributed by atoms with E-state index >= 15 is 0 Å². The van der Waals surface area contributed by atoms with Gasteiger partial charge in [-0.05, 0) is 37.7 Å². The highest BCUT2D eigenvalue weighted by molar-refractivity contribution is 5.30. The van der Waals surface area contributed by atoms with Crippen LogP contribution in [0.5, 0.6) is 0 Å². The van der Waals surface area contributed by atoms with Gasteiger partial charge in [-0.2, -0.15) is 5.26 Å². The number of rotatable bonds is 4. The van der Waals surface area contributed by atoms with E-state index in [-0.39, 0.29) is 0 Å². The quantitative estimate of drug-likeness (QED) is 0.916. The molecule has 0 radical (unpaired) electrons. The van der Waals surface area contributed by atoms with Crippen LogP contribution in [0, 0.1) is 17.2 Å². The minimum absolute atomic E-state index is 0.602. The molecule has 1 aliphatic heterocycles. The number of piperidine rings is 1. The average Bonchev–Trinajstić information content (AvgIpc) is 2.49. The molecule has 20 heavy (non-hydrogen) atoms. The number of likely N-dealkylation sites (tertiary alicyclic amines) is 1. The third-order valence-electron chi connectivity index (χ3n) is 4.53. The molecule has 0 saturated carbocycles. The molecule has 108 valence electrons. The van der Waals surface area contributed by atoms with Crippen molar-refractivity contribution in [3.63, 3.8) is 0 Å². The number of nitriles is 1. The first kappa shape index (κ1) is 15.0. The van der Waals surface area contributed by atoms with Crippen LogP contribution < -0.4 is 5.73 Å². The summed E-state index contributed by atoms with van der Waals surface area (Å²) in [6.45, 7) is 6.59. The summed E-state index contributed by atoms with van der Waals surface area (Å²) in [6.07, 6.45) is 3.24. The predicted molar refractivity (Wildman–Crippen MR) is 82.0 cm³/mol. The van der Waals surface area contributed by atoms with Gasteiger partial charge in [0, 0.05) is 19.1 Å². The van der Waals surface area contributed by atoms with Crippen molar-refractivity contribution in [2.24, 2.45) is 11.7 Å². The van der Waals surface area contributed by atoms with Gasteiger partial charge in [-0.15, -0.1) is 0 Å². The van der Waals surface area contributed by atoms with Gasteiger partial charge in [0.15, 0.2) is 0 Å². The highest BCUT2D eigenvalue weighted by atomic mass is 15.2. The van der Waals surface area contributed by atoms with Crippen molar-refractivity contribution in [3.05, 3.63) is 35.9 Å². The van der Waals surface area contributed by atoms with Crippen LogP contribution in [0.25, 0.3) is 0 Å². The Labute approximate surface area is 122 Å². The summed E-state index contributed by atoms with van der Waals surface area (Å²) in [4.78, 5) is 2.48. The van der Waals surface area contributed by atoms with Crippen molar-refractivity contribution in [2.45, 2.75) is 44.7 Å². The molecular weight excluding hydrogens is 246 g/mol. The Balaban J connectivity index is 2.02. The summed E-state index contributed by atoms with van der Waals surface area (Å²) in [5.41, 5.74) is 6.37. The Bertz CT molecular complexity index is 465. The lowest BCUT2D eigenvalue weighted by Gasteiger charge is -2.38. The van der Waals surface area contributed by atoms with Crippen molar-refractivity contribution >= 4 is 0 Å². The second kappa shape index (κ2) is 6.39. The Morgan fingerprint density at radius 2 is 2.00 bits per heavy atom. The van der Waals surface area contributed by atoms with Crippen molar-refractivity contribution in [2.75, 3.05) is 13.1 Å². The molecule has 1 saturated heterocycles. The molecule has 3 atom stereocenters. The van der Waals surface area contributed by atoms with Gasteiger partial charge in [-0.3, -0.25) is 0 Å². The number of nitrogens with zero attached hydrogens (tertiary/aromatic N) is 2. The molecule has 2 rings (SSSR count). The van der Waals surface area contributed by atoms with Crippen LogP contribution in [-0.2, 0) is 5.54 Å². The number of hydrogen-bond donors (Lipinski definition) is 1. The van der Waals surface area contributed by atoms with Crippen LogP contribution in [0.1, 0.15) is 38.7 Å². The van der Waals surface area contributed by atoms with Crippen molar-refractivity contribution < 1.29 is 0 Å². The summed E-state index contributed by atoms with van der Waals surface area (Å²) in [5.74, 6) is 0.747. The highest BCUT2D eigenvalue weighted by Gasteiger charge is 2.30. The number of hydrogen-bond acceptors (Lipinski definition) is 3. The lowest BCUT2D eigenvalue weighted by atomic mass is 9.88. The Hall–Kier alpha value is -1.37. The molecule has 3 heteroatoms. The van der Waals surface area contributed by atoms with E-state index < -0.39 is 5.54 Å². The Morgan fingerprint density at radius 3 is 2.65 bits per heavy atom. The van der Waals surface area contributed by atoms with E-state index in [9.17, 15) is 5.26 Å². The molecule has 1 aromatic rings. The Kier molecular flexibility index (Phi) is 4.80. The summed E-state index contributed by atoms with van der Waals surface area (Å²) in [6, 6.07) is 12.7. The fraction of sp³-hybridized carbons (Fsp3) is 0.588. The van der Waals surface area contributed by atoms with Gasteiger partial charge in [0.25, 0.3) is 0 Å². The second-order valence-corrected chi connectivity index (χ2v) is 6.23. The molecule has 1 aliphatic rings. The molecule has 0 aliphatic carbocycles. The molecule has 0 spiro atoms. The minimum atomic E-state index is -0.873. The third kappa shape index (κ3) is 3.39. The van der Waals surface area contributed by atoms with E-state index in [1.807, 2.05) is 30.3 Å².